The van der Waals surface area contributed by atoms with Gasteiger partial charge < -0.3 is 0 Å². The van der Waals surface area contributed by atoms with Crippen LogP contribution < -0.4 is 0 Å². The van der Waals surface area contributed by atoms with Gasteiger partial charge in [0.1, 0.15) is 0 Å². The molecular formula is C10H19. The smallest absolute Gasteiger partial charge is 0.0299 e. The molecule has 0 unspecified atom stereocenters. The Balaban J connectivity index is 3.62. The normalized spacial score (nSPS) is 12.8. The van der Waals surface area contributed by atoms with Crippen molar-refractivity contribution in [3.05, 3.63) is 19.1 Å². The van der Waals surface area contributed by atoms with E-state index in [0.717, 1.165) is 6.42 Å². The molecule has 1 radical (unpaired) electrons. The second kappa shape index (κ2) is 4.54. The lowest BCUT2D eigenvalue weighted by Crippen LogP contribution is -2.08. The second-order valence-corrected chi connectivity index (χ2v) is 3.54. The van der Waals surface area contributed by atoms with Crippen molar-refractivity contribution in [1.29, 1.82) is 0 Å². The van der Waals surface area contributed by atoms with Crippen LogP contribution in [-0.2, 0) is 0 Å². The monoisotopic (exact) mass is 139 g/mol. The fraction of sp³-hybridized carbons (Fsp3) is 0.700. The Bertz CT molecular complexity index is 98.6. The average Bonchev–Trinajstić information content (AvgIpc) is 1.84. The molecule has 0 aromatic heterocycles. The first-order valence-corrected chi connectivity index (χ1v) is 4.03. The lowest BCUT2D eigenvalue weighted by Gasteiger charge is -2.21. The molecule has 59 valence electrons. The topological polar surface area (TPSA) is 0 Å². The fourth-order valence-electron chi connectivity index (χ4n) is 1.02. The molecule has 0 fully saturated rings. The minimum Gasteiger partial charge on any atom is -0.0916 e. The van der Waals surface area contributed by atoms with E-state index in [4.69, 9.17) is 0 Å². The Morgan fingerprint density at radius 3 is 2.40 bits per heavy atom. The summed E-state index contributed by atoms with van der Waals surface area (Å²) in [5.41, 5.74) is 0.453. The third kappa shape index (κ3) is 4.60. The summed E-state index contributed by atoms with van der Waals surface area (Å²) in [7, 11) is 0. The van der Waals surface area contributed by atoms with Gasteiger partial charge in [0, 0.05) is 0 Å². The molecule has 0 saturated carbocycles. The first-order chi connectivity index (χ1) is 4.62. The summed E-state index contributed by atoms with van der Waals surface area (Å²) in [6.45, 7) is 10.5. The van der Waals surface area contributed by atoms with Gasteiger partial charge in [-0.05, 0) is 25.2 Å². The van der Waals surface area contributed by atoms with E-state index in [1.165, 1.54) is 12.8 Å². The highest BCUT2D eigenvalue weighted by atomic mass is 14.2. The molecule has 0 N–H and O–H groups in total. The summed E-state index contributed by atoms with van der Waals surface area (Å²) in [6, 6.07) is 0. The predicted molar refractivity (Wildman–Crippen MR) is 47.8 cm³/mol. The molecule has 0 aliphatic heterocycles. The van der Waals surface area contributed by atoms with E-state index in [-0.39, 0.29) is 0 Å². The first-order valence-electron chi connectivity index (χ1n) is 4.03. The maximum absolute atomic E-state index is 3.85. The Labute approximate surface area is 65.3 Å². The minimum absolute atomic E-state index is 0.453. The number of hydrogen-bond acceptors (Lipinski definition) is 0. The van der Waals surface area contributed by atoms with Crippen molar-refractivity contribution < 1.29 is 0 Å². The van der Waals surface area contributed by atoms with Crippen LogP contribution in [-0.4, -0.2) is 0 Å². The summed E-state index contributed by atoms with van der Waals surface area (Å²) in [4.78, 5) is 0. The van der Waals surface area contributed by atoms with Crippen molar-refractivity contribution in [2.24, 2.45) is 5.41 Å². The molecule has 0 spiro atoms. The molecule has 0 amide bonds. The first kappa shape index (κ1) is 9.74. The van der Waals surface area contributed by atoms with Gasteiger partial charge in [-0.2, -0.15) is 0 Å². The molecular weight excluding hydrogens is 120 g/mol. The molecule has 0 aliphatic carbocycles. The number of allylic oxidation sites excluding steroid dienone is 2. The van der Waals surface area contributed by atoms with Gasteiger partial charge in [-0.1, -0.05) is 39.3 Å². The van der Waals surface area contributed by atoms with Crippen molar-refractivity contribution >= 4 is 0 Å². The van der Waals surface area contributed by atoms with Crippen molar-refractivity contribution in [2.75, 3.05) is 0 Å². The highest BCUT2D eigenvalue weighted by molar-refractivity contribution is 4.84. The van der Waals surface area contributed by atoms with Crippen LogP contribution in [0.3, 0.4) is 0 Å². The predicted octanol–water partition coefficient (Wildman–Crippen LogP) is 3.59. The van der Waals surface area contributed by atoms with Crippen LogP contribution in [0.1, 0.15) is 40.0 Å². The SMILES string of the molecule is [CH2]CCC(C)(C)CC=CC. The highest BCUT2D eigenvalue weighted by Gasteiger charge is 2.13. The van der Waals surface area contributed by atoms with Crippen molar-refractivity contribution in [2.45, 2.75) is 40.0 Å². The van der Waals surface area contributed by atoms with Crippen LogP contribution in [0.2, 0.25) is 0 Å². The Kier molecular flexibility index (Phi) is 4.42. The average molecular weight is 139 g/mol. The van der Waals surface area contributed by atoms with E-state index in [1.54, 1.807) is 0 Å². The van der Waals surface area contributed by atoms with E-state index in [9.17, 15) is 0 Å². The van der Waals surface area contributed by atoms with E-state index in [1.807, 2.05) is 0 Å². The van der Waals surface area contributed by atoms with Gasteiger partial charge in [0.2, 0.25) is 0 Å². The minimum atomic E-state index is 0.453. The van der Waals surface area contributed by atoms with E-state index >= 15 is 0 Å². The zero-order valence-electron chi connectivity index (χ0n) is 7.48. The van der Waals surface area contributed by atoms with Crippen LogP contribution in [0.15, 0.2) is 12.2 Å². The van der Waals surface area contributed by atoms with Crippen LogP contribution in [0.5, 0.6) is 0 Å². The quantitative estimate of drug-likeness (QED) is 0.522. The van der Waals surface area contributed by atoms with Crippen LogP contribution >= 0.6 is 0 Å². The summed E-state index contributed by atoms with van der Waals surface area (Å²) in [6.07, 6.45) is 7.79. The molecule has 0 atom stereocenters. The van der Waals surface area contributed by atoms with Crippen LogP contribution in [0, 0.1) is 12.3 Å². The third-order valence-corrected chi connectivity index (χ3v) is 1.76. The highest BCUT2D eigenvalue weighted by Crippen LogP contribution is 2.26. The fourth-order valence-corrected chi connectivity index (χ4v) is 1.02. The second-order valence-electron chi connectivity index (χ2n) is 3.54. The molecule has 0 nitrogen and oxygen atoms in total. The summed E-state index contributed by atoms with van der Waals surface area (Å²) < 4.78 is 0. The van der Waals surface area contributed by atoms with Crippen LogP contribution in [0.4, 0.5) is 0 Å². The number of rotatable bonds is 4. The van der Waals surface area contributed by atoms with Gasteiger partial charge in [0.05, 0.1) is 0 Å². The van der Waals surface area contributed by atoms with Crippen molar-refractivity contribution in [1.82, 2.24) is 0 Å². The van der Waals surface area contributed by atoms with Gasteiger partial charge in [0.15, 0.2) is 0 Å². The molecule has 0 heterocycles. The lowest BCUT2D eigenvalue weighted by molar-refractivity contribution is 0.342. The maximum atomic E-state index is 3.85. The number of hydrogen-bond donors (Lipinski definition) is 0. The van der Waals surface area contributed by atoms with Crippen molar-refractivity contribution in [3.8, 4) is 0 Å². The maximum Gasteiger partial charge on any atom is -0.0299 e. The molecule has 0 aliphatic rings. The summed E-state index contributed by atoms with van der Waals surface area (Å²) >= 11 is 0. The van der Waals surface area contributed by atoms with Crippen LogP contribution in [0.25, 0.3) is 0 Å². The van der Waals surface area contributed by atoms with E-state index < -0.39 is 0 Å². The summed E-state index contributed by atoms with van der Waals surface area (Å²) in [5, 5.41) is 0. The molecule has 0 aromatic rings. The molecule has 0 aromatic carbocycles. The van der Waals surface area contributed by atoms with Gasteiger partial charge in [-0.3, -0.25) is 0 Å². The van der Waals surface area contributed by atoms with E-state index in [0.29, 0.717) is 5.41 Å². The largest absolute Gasteiger partial charge is 0.0916 e. The molecule has 0 heteroatoms. The van der Waals surface area contributed by atoms with Gasteiger partial charge in [-0.25, -0.2) is 0 Å². The molecule has 0 saturated heterocycles. The Morgan fingerprint density at radius 2 is 2.00 bits per heavy atom. The molecule has 0 rings (SSSR count). The third-order valence-electron chi connectivity index (χ3n) is 1.76. The lowest BCUT2D eigenvalue weighted by atomic mass is 9.85. The zero-order chi connectivity index (χ0) is 8.04. The van der Waals surface area contributed by atoms with E-state index in [2.05, 4.69) is 39.8 Å². The molecule has 0 bridgehead atoms. The zero-order valence-corrected chi connectivity index (χ0v) is 7.48. The Hall–Kier alpha value is -0.260. The summed E-state index contributed by atoms with van der Waals surface area (Å²) in [5.74, 6) is 0. The standard InChI is InChI=1S/C10H19/c1-5-7-9-10(3,4)8-6-2/h5,7H,2,6,8-9H2,1,3-4H3. The molecule has 10 heavy (non-hydrogen) atoms. The Morgan fingerprint density at radius 1 is 1.40 bits per heavy atom. The van der Waals surface area contributed by atoms with Gasteiger partial charge in [-0.15, -0.1) is 0 Å². The van der Waals surface area contributed by atoms with Gasteiger partial charge in [0.25, 0.3) is 0 Å². The van der Waals surface area contributed by atoms with Gasteiger partial charge >= 0.3 is 0 Å². The van der Waals surface area contributed by atoms with Crippen molar-refractivity contribution in [3.63, 3.8) is 0 Å².